The molecule has 0 unspecified atom stereocenters. The summed E-state index contributed by atoms with van der Waals surface area (Å²) in [5.41, 5.74) is 11.5. The maximum atomic E-state index is 12.2. The standard InChI is InChI=1S/C19H22N4O2/c1-12(2)18(24)21-17-10-6-15(7-11-17)19(25)23-22-13(3)14-4-8-16(20)9-5-14/h4-12H,20H2,1-3H3,(H,21,24)(H,23,25). The second-order valence-electron chi connectivity index (χ2n) is 5.98. The third-order valence-corrected chi connectivity index (χ3v) is 3.59. The molecule has 0 radical (unpaired) electrons. The number of nitrogen functional groups attached to an aromatic ring is 1. The molecule has 0 aliphatic rings. The van der Waals surface area contributed by atoms with Crippen molar-refractivity contribution in [3.05, 3.63) is 59.7 Å². The molecule has 0 aliphatic heterocycles. The first-order chi connectivity index (χ1) is 11.9. The van der Waals surface area contributed by atoms with Gasteiger partial charge in [-0.2, -0.15) is 5.10 Å². The normalized spacial score (nSPS) is 11.3. The molecule has 2 aromatic carbocycles. The van der Waals surface area contributed by atoms with Crippen LogP contribution < -0.4 is 16.5 Å². The zero-order valence-corrected chi connectivity index (χ0v) is 14.5. The Morgan fingerprint density at radius 3 is 2.08 bits per heavy atom. The predicted octanol–water partition coefficient (Wildman–Crippen LogP) is 3.02. The molecule has 130 valence electrons. The van der Waals surface area contributed by atoms with Gasteiger partial charge in [0.2, 0.25) is 5.91 Å². The lowest BCUT2D eigenvalue weighted by molar-refractivity contribution is -0.118. The maximum Gasteiger partial charge on any atom is 0.271 e. The maximum absolute atomic E-state index is 12.2. The molecule has 0 fully saturated rings. The summed E-state index contributed by atoms with van der Waals surface area (Å²) in [6, 6.07) is 13.9. The van der Waals surface area contributed by atoms with E-state index in [1.807, 2.05) is 26.0 Å². The molecule has 0 aliphatic carbocycles. The summed E-state index contributed by atoms with van der Waals surface area (Å²) in [6.45, 7) is 5.44. The van der Waals surface area contributed by atoms with Gasteiger partial charge in [0, 0.05) is 22.9 Å². The zero-order valence-electron chi connectivity index (χ0n) is 14.5. The van der Waals surface area contributed by atoms with E-state index in [0.717, 1.165) is 5.56 Å². The predicted molar refractivity (Wildman–Crippen MR) is 100 cm³/mol. The van der Waals surface area contributed by atoms with Gasteiger partial charge in [0.1, 0.15) is 0 Å². The van der Waals surface area contributed by atoms with E-state index in [4.69, 9.17) is 5.73 Å². The molecule has 0 bridgehead atoms. The van der Waals surface area contributed by atoms with Gasteiger partial charge in [-0.25, -0.2) is 5.43 Å². The van der Waals surface area contributed by atoms with Crippen LogP contribution in [0.15, 0.2) is 53.6 Å². The van der Waals surface area contributed by atoms with Gasteiger partial charge in [-0.15, -0.1) is 0 Å². The fraction of sp³-hybridized carbons (Fsp3) is 0.211. The van der Waals surface area contributed by atoms with Gasteiger partial charge in [0.05, 0.1) is 5.71 Å². The van der Waals surface area contributed by atoms with E-state index in [0.29, 0.717) is 22.6 Å². The van der Waals surface area contributed by atoms with Crippen LogP contribution in [0.2, 0.25) is 0 Å². The van der Waals surface area contributed by atoms with Crippen LogP contribution in [-0.2, 0) is 4.79 Å². The summed E-state index contributed by atoms with van der Waals surface area (Å²) in [4.78, 5) is 23.8. The number of benzene rings is 2. The number of rotatable bonds is 5. The van der Waals surface area contributed by atoms with Crippen molar-refractivity contribution in [2.45, 2.75) is 20.8 Å². The number of carbonyl (C=O) groups is 2. The van der Waals surface area contributed by atoms with E-state index in [2.05, 4.69) is 15.8 Å². The fourth-order valence-electron chi connectivity index (χ4n) is 1.98. The number of hydrogen-bond donors (Lipinski definition) is 3. The summed E-state index contributed by atoms with van der Waals surface area (Å²) < 4.78 is 0. The van der Waals surface area contributed by atoms with Gasteiger partial charge in [-0.05, 0) is 48.9 Å². The molecule has 25 heavy (non-hydrogen) atoms. The third-order valence-electron chi connectivity index (χ3n) is 3.59. The Morgan fingerprint density at radius 2 is 1.52 bits per heavy atom. The van der Waals surface area contributed by atoms with Crippen LogP contribution in [0.3, 0.4) is 0 Å². The summed E-state index contributed by atoms with van der Waals surface area (Å²) in [7, 11) is 0. The Bertz CT molecular complexity index is 778. The topological polar surface area (TPSA) is 96.6 Å². The molecule has 2 rings (SSSR count). The van der Waals surface area contributed by atoms with Crippen molar-refractivity contribution >= 4 is 28.9 Å². The van der Waals surface area contributed by atoms with Crippen molar-refractivity contribution in [1.29, 1.82) is 0 Å². The highest BCUT2D eigenvalue weighted by Crippen LogP contribution is 2.11. The molecule has 0 atom stereocenters. The van der Waals surface area contributed by atoms with Gasteiger partial charge in [0.25, 0.3) is 5.91 Å². The van der Waals surface area contributed by atoms with Crippen molar-refractivity contribution in [2.75, 3.05) is 11.1 Å². The number of amides is 2. The third kappa shape index (κ3) is 5.17. The first-order valence-electron chi connectivity index (χ1n) is 7.98. The average Bonchev–Trinajstić information content (AvgIpc) is 2.60. The molecule has 6 heteroatoms. The Hall–Kier alpha value is -3.15. The highest BCUT2D eigenvalue weighted by atomic mass is 16.2. The van der Waals surface area contributed by atoms with Gasteiger partial charge in [0.15, 0.2) is 0 Å². The Morgan fingerprint density at radius 1 is 0.960 bits per heavy atom. The molecule has 0 aromatic heterocycles. The lowest BCUT2D eigenvalue weighted by Crippen LogP contribution is -2.20. The van der Waals surface area contributed by atoms with Crippen LogP contribution in [0.5, 0.6) is 0 Å². The molecule has 2 aromatic rings. The number of nitrogens with two attached hydrogens (primary N) is 1. The molecule has 0 saturated heterocycles. The number of anilines is 2. The van der Waals surface area contributed by atoms with Crippen molar-refractivity contribution in [2.24, 2.45) is 11.0 Å². The first-order valence-corrected chi connectivity index (χ1v) is 7.98. The number of nitrogens with zero attached hydrogens (tertiary/aromatic N) is 1. The summed E-state index contributed by atoms with van der Waals surface area (Å²) >= 11 is 0. The second-order valence-corrected chi connectivity index (χ2v) is 5.98. The van der Waals surface area contributed by atoms with E-state index in [1.165, 1.54) is 0 Å². The van der Waals surface area contributed by atoms with Crippen LogP contribution in [-0.4, -0.2) is 17.5 Å². The number of hydrazone groups is 1. The summed E-state index contributed by atoms with van der Waals surface area (Å²) in [5.74, 6) is -0.494. The first kappa shape index (κ1) is 18.2. The van der Waals surface area contributed by atoms with Crippen molar-refractivity contribution in [1.82, 2.24) is 5.43 Å². The summed E-state index contributed by atoms with van der Waals surface area (Å²) in [6.07, 6.45) is 0. The van der Waals surface area contributed by atoms with Crippen molar-refractivity contribution in [3.63, 3.8) is 0 Å². The molecule has 2 amide bonds. The molecule has 4 N–H and O–H groups in total. The molecule has 0 heterocycles. The highest BCUT2D eigenvalue weighted by Gasteiger charge is 2.09. The van der Waals surface area contributed by atoms with Gasteiger partial charge < -0.3 is 11.1 Å². The van der Waals surface area contributed by atoms with E-state index in [-0.39, 0.29) is 17.7 Å². The van der Waals surface area contributed by atoms with Crippen LogP contribution in [0, 0.1) is 5.92 Å². The lowest BCUT2D eigenvalue weighted by Gasteiger charge is -2.08. The van der Waals surface area contributed by atoms with Crippen LogP contribution >= 0.6 is 0 Å². The SMILES string of the molecule is CC(=NNC(=O)c1ccc(NC(=O)C(C)C)cc1)c1ccc(N)cc1. The zero-order chi connectivity index (χ0) is 18.4. The smallest absolute Gasteiger partial charge is 0.271 e. The Balaban J connectivity index is 1.99. The quantitative estimate of drug-likeness (QED) is 0.444. The van der Waals surface area contributed by atoms with Crippen LogP contribution in [0.1, 0.15) is 36.7 Å². The molecular weight excluding hydrogens is 316 g/mol. The second kappa shape index (κ2) is 8.10. The largest absolute Gasteiger partial charge is 0.399 e. The van der Waals surface area contributed by atoms with Crippen molar-refractivity contribution in [3.8, 4) is 0 Å². The monoisotopic (exact) mass is 338 g/mol. The Labute approximate surface area is 147 Å². The minimum atomic E-state index is -0.323. The summed E-state index contributed by atoms with van der Waals surface area (Å²) in [5, 5.41) is 6.88. The van der Waals surface area contributed by atoms with Crippen molar-refractivity contribution < 1.29 is 9.59 Å². The molecule has 0 spiro atoms. The van der Waals surface area contributed by atoms with E-state index in [9.17, 15) is 9.59 Å². The molecule has 0 saturated carbocycles. The van der Waals surface area contributed by atoms with E-state index in [1.54, 1.807) is 43.3 Å². The molecular formula is C19H22N4O2. The van der Waals surface area contributed by atoms with E-state index < -0.39 is 0 Å². The average molecular weight is 338 g/mol. The number of hydrogen-bond acceptors (Lipinski definition) is 4. The number of carbonyl (C=O) groups excluding carboxylic acids is 2. The Kier molecular flexibility index (Phi) is 5.89. The van der Waals surface area contributed by atoms with Gasteiger partial charge >= 0.3 is 0 Å². The van der Waals surface area contributed by atoms with E-state index >= 15 is 0 Å². The highest BCUT2D eigenvalue weighted by molar-refractivity contribution is 6.01. The number of nitrogens with one attached hydrogen (secondary N) is 2. The van der Waals surface area contributed by atoms with Gasteiger partial charge in [-0.3, -0.25) is 9.59 Å². The fourth-order valence-corrected chi connectivity index (χ4v) is 1.98. The lowest BCUT2D eigenvalue weighted by atomic mass is 10.1. The van der Waals surface area contributed by atoms with Crippen LogP contribution in [0.4, 0.5) is 11.4 Å². The minimum Gasteiger partial charge on any atom is -0.399 e. The van der Waals surface area contributed by atoms with Gasteiger partial charge in [-0.1, -0.05) is 26.0 Å². The minimum absolute atomic E-state index is 0.0686. The molecule has 6 nitrogen and oxygen atoms in total. The van der Waals surface area contributed by atoms with Crippen LogP contribution in [0.25, 0.3) is 0 Å².